The van der Waals surface area contributed by atoms with Crippen LogP contribution < -0.4 is 0 Å². The van der Waals surface area contributed by atoms with E-state index in [0.29, 0.717) is 28.8 Å². The molecule has 1 aliphatic carbocycles. The summed E-state index contributed by atoms with van der Waals surface area (Å²) in [4.78, 5) is 11.5. The predicted molar refractivity (Wildman–Crippen MR) is 118 cm³/mol. The summed E-state index contributed by atoms with van der Waals surface area (Å²) in [6.07, 6.45) is 3.08. The van der Waals surface area contributed by atoms with Crippen LogP contribution in [0.15, 0.2) is 41.3 Å². The van der Waals surface area contributed by atoms with Crippen LogP contribution in [-0.2, 0) is 21.1 Å². The molecular weight excluding hydrogens is 441 g/mol. The number of carboxylic acid groups (broad SMARTS) is 1. The van der Waals surface area contributed by atoms with E-state index in [0.717, 1.165) is 35.6 Å². The van der Waals surface area contributed by atoms with Gasteiger partial charge in [-0.2, -0.15) is 0 Å². The minimum absolute atomic E-state index is 0.0672. The maximum atomic E-state index is 14.5. The second kappa shape index (κ2) is 7.95. The Labute approximate surface area is 185 Å². The van der Waals surface area contributed by atoms with Gasteiger partial charge in [-0.3, -0.25) is 4.79 Å². The van der Waals surface area contributed by atoms with Gasteiger partial charge in [-0.05, 0) is 61.6 Å². The van der Waals surface area contributed by atoms with Gasteiger partial charge in [-0.1, -0.05) is 23.7 Å². The third kappa shape index (κ3) is 3.96. The summed E-state index contributed by atoms with van der Waals surface area (Å²) >= 11 is 6.20. The zero-order chi connectivity index (χ0) is 22.5. The van der Waals surface area contributed by atoms with E-state index in [1.54, 1.807) is 6.07 Å². The van der Waals surface area contributed by atoms with Crippen LogP contribution in [0, 0.1) is 5.82 Å². The van der Waals surface area contributed by atoms with Gasteiger partial charge < -0.3 is 9.67 Å². The van der Waals surface area contributed by atoms with Crippen LogP contribution in [-0.4, -0.2) is 30.3 Å². The Hall–Kier alpha value is -2.38. The van der Waals surface area contributed by atoms with Gasteiger partial charge in [0.1, 0.15) is 5.82 Å². The highest BCUT2D eigenvalue weighted by atomic mass is 35.5. The lowest BCUT2D eigenvalue weighted by Crippen LogP contribution is -2.20. The molecule has 0 fully saturated rings. The van der Waals surface area contributed by atoms with E-state index in [1.165, 1.54) is 6.07 Å². The van der Waals surface area contributed by atoms with Gasteiger partial charge in [-0.25, -0.2) is 12.8 Å². The minimum Gasteiger partial charge on any atom is -0.481 e. The predicted octanol–water partition coefficient (Wildman–Crippen LogP) is 5.34. The number of hydrogen-bond donors (Lipinski definition) is 1. The van der Waals surface area contributed by atoms with E-state index in [2.05, 4.69) is 0 Å². The second-order valence-corrected chi connectivity index (χ2v) is 10.6. The van der Waals surface area contributed by atoms with E-state index < -0.39 is 21.6 Å². The molecule has 0 bridgehead atoms. The molecule has 1 aliphatic rings. The highest BCUT2D eigenvalue weighted by Gasteiger charge is 2.33. The Morgan fingerprint density at radius 3 is 2.71 bits per heavy atom. The smallest absolute Gasteiger partial charge is 0.304 e. The Kier molecular flexibility index (Phi) is 5.60. The van der Waals surface area contributed by atoms with Crippen molar-refractivity contribution in [1.82, 2.24) is 4.57 Å². The first-order chi connectivity index (χ1) is 14.6. The fourth-order valence-corrected chi connectivity index (χ4v) is 5.92. The van der Waals surface area contributed by atoms with Crippen molar-refractivity contribution in [2.45, 2.75) is 49.5 Å². The standard InChI is InChI=1S/C23H23ClFNO4S/c1-13(14-5-3-7-16(24)9-14)26-22-15(10-21(27)28)6-4-8-18(22)19-11-17(25)12-20(23(19)26)31(2,29)30/h3,5,7,9,11-13,15H,4,6,8,10H2,1-2H3,(H,27,28)/t13-,15+/m0/s1. The molecule has 1 heterocycles. The quantitative estimate of drug-likeness (QED) is 0.554. The average Bonchev–Trinajstić information content (AvgIpc) is 3.01. The van der Waals surface area contributed by atoms with Crippen molar-refractivity contribution < 1.29 is 22.7 Å². The summed E-state index contributed by atoms with van der Waals surface area (Å²) in [5.74, 6) is -1.83. The molecule has 2 aromatic carbocycles. The van der Waals surface area contributed by atoms with E-state index in [9.17, 15) is 22.7 Å². The molecule has 1 N–H and O–H groups in total. The fraction of sp³-hybridized carbons (Fsp3) is 0.348. The van der Waals surface area contributed by atoms with E-state index in [-0.39, 0.29) is 23.3 Å². The van der Waals surface area contributed by atoms with Crippen LogP contribution in [0.1, 0.15) is 55.0 Å². The Balaban J connectivity index is 2.12. The number of benzene rings is 2. The van der Waals surface area contributed by atoms with Gasteiger partial charge in [0.05, 0.1) is 22.9 Å². The van der Waals surface area contributed by atoms with Crippen molar-refractivity contribution in [2.24, 2.45) is 0 Å². The number of aliphatic carboxylic acids is 1. The van der Waals surface area contributed by atoms with Gasteiger partial charge in [0.15, 0.2) is 9.84 Å². The number of carboxylic acids is 1. The van der Waals surface area contributed by atoms with E-state index in [4.69, 9.17) is 11.6 Å². The SMILES string of the molecule is C[C@@H](c1cccc(Cl)c1)n1c2c(c3cc(F)cc(S(C)(=O)=O)c31)CCC[C@@H]2CC(=O)O. The molecule has 1 aromatic heterocycles. The summed E-state index contributed by atoms with van der Waals surface area (Å²) in [6, 6.07) is 9.37. The highest BCUT2D eigenvalue weighted by Crippen LogP contribution is 2.45. The molecule has 0 saturated heterocycles. The number of aryl methyl sites for hydroxylation is 1. The topological polar surface area (TPSA) is 76.4 Å². The molecule has 164 valence electrons. The Morgan fingerprint density at radius 2 is 2.06 bits per heavy atom. The van der Waals surface area contributed by atoms with Crippen molar-refractivity contribution >= 4 is 38.3 Å². The Morgan fingerprint density at radius 1 is 1.32 bits per heavy atom. The van der Waals surface area contributed by atoms with Gasteiger partial charge >= 0.3 is 5.97 Å². The molecule has 0 radical (unpaired) electrons. The van der Waals surface area contributed by atoms with Crippen LogP contribution in [0.25, 0.3) is 10.9 Å². The summed E-state index contributed by atoms with van der Waals surface area (Å²) in [5.41, 5.74) is 2.91. The van der Waals surface area contributed by atoms with Crippen molar-refractivity contribution in [3.8, 4) is 0 Å². The third-order valence-electron chi connectivity index (χ3n) is 6.08. The number of halogens is 2. The minimum atomic E-state index is -3.74. The fourth-order valence-electron chi connectivity index (χ4n) is 4.83. The van der Waals surface area contributed by atoms with Crippen LogP contribution in [0.2, 0.25) is 5.02 Å². The van der Waals surface area contributed by atoms with Crippen molar-refractivity contribution in [3.63, 3.8) is 0 Å². The summed E-state index contributed by atoms with van der Waals surface area (Å²) < 4.78 is 41.7. The maximum Gasteiger partial charge on any atom is 0.304 e. The van der Waals surface area contributed by atoms with Crippen LogP contribution in [0.5, 0.6) is 0 Å². The van der Waals surface area contributed by atoms with E-state index in [1.807, 2.05) is 29.7 Å². The molecule has 8 heteroatoms. The van der Waals surface area contributed by atoms with Crippen LogP contribution in [0.4, 0.5) is 4.39 Å². The monoisotopic (exact) mass is 463 g/mol. The number of fused-ring (bicyclic) bond motifs is 3. The molecular formula is C23H23ClFNO4S. The lowest BCUT2D eigenvalue weighted by atomic mass is 9.84. The first kappa shape index (κ1) is 21.8. The van der Waals surface area contributed by atoms with Crippen molar-refractivity contribution in [3.05, 3.63) is 64.1 Å². The lowest BCUT2D eigenvalue weighted by molar-refractivity contribution is -0.137. The average molecular weight is 464 g/mol. The zero-order valence-electron chi connectivity index (χ0n) is 17.2. The van der Waals surface area contributed by atoms with Crippen molar-refractivity contribution in [2.75, 3.05) is 6.26 Å². The van der Waals surface area contributed by atoms with Crippen LogP contribution in [0.3, 0.4) is 0 Å². The van der Waals surface area contributed by atoms with Gasteiger partial charge in [0, 0.05) is 28.3 Å². The normalized spacial score (nSPS) is 17.5. The second-order valence-electron chi connectivity index (χ2n) is 8.22. The number of sulfone groups is 1. The van der Waals surface area contributed by atoms with E-state index >= 15 is 0 Å². The van der Waals surface area contributed by atoms with Crippen LogP contribution >= 0.6 is 11.6 Å². The number of nitrogens with zero attached hydrogens (tertiary/aromatic N) is 1. The first-order valence-corrected chi connectivity index (χ1v) is 12.4. The number of rotatable bonds is 5. The van der Waals surface area contributed by atoms with Gasteiger partial charge in [0.2, 0.25) is 0 Å². The largest absolute Gasteiger partial charge is 0.481 e. The highest BCUT2D eigenvalue weighted by molar-refractivity contribution is 7.91. The molecule has 2 atom stereocenters. The molecule has 0 amide bonds. The van der Waals surface area contributed by atoms with Crippen molar-refractivity contribution in [1.29, 1.82) is 0 Å². The molecule has 0 saturated carbocycles. The molecule has 0 aliphatic heterocycles. The molecule has 0 unspecified atom stereocenters. The first-order valence-electron chi connectivity index (χ1n) is 10.1. The summed E-state index contributed by atoms with van der Waals surface area (Å²) in [7, 11) is -3.74. The molecule has 0 spiro atoms. The maximum absolute atomic E-state index is 14.5. The number of hydrogen-bond acceptors (Lipinski definition) is 3. The van der Waals surface area contributed by atoms with Gasteiger partial charge in [0.25, 0.3) is 0 Å². The number of aromatic nitrogens is 1. The molecule has 31 heavy (non-hydrogen) atoms. The molecule has 4 rings (SSSR count). The summed E-state index contributed by atoms with van der Waals surface area (Å²) in [5, 5.41) is 10.6. The lowest BCUT2D eigenvalue weighted by Gasteiger charge is -2.28. The molecule has 5 nitrogen and oxygen atoms in total. The van der Waals surface area contributed by atoms with Gasteiger partial charge in [-0.15, -0.1) is 0 Å². The summed E-state index contributed by atoms with van der Waals surface area (Å²) in [6.45, 7) is 1.92. The zero-order valence-corrected chi connectivity index (χ0v) is 18.8. The molecule has 3 aromatic rings. The third-order valence-corrected chi connectivity index (χ3v) is 7.42. The number of carbonyl (C=O) groups is 1. The Bertz CT molecular complexity index is 1300.